The Kier molecular flexibility index (Phi) is 7.41. The number of benzene rings is 1. The lowest BCUT2D eigenvalue weighted by atomic mass is 10.1. The van der Waals surface area contributed by atoms with Crippen molar-refractivity contribution in [1.82, 2.24) is 4.98 Å². The molecule has 0 saturated heterocycles. The third-order valence-electron chi connectivity index (χ3n) is 3.57. The summed E-state index contributed by atoms with van der Waals surface area (Å²) in [6, 6.07) is 10.8. The van der Waals surface area contributed by atoms with Gasteiger partial charge in [0.2, 0.25) is 0 Å². The van der Waals surface area contributed by atoms with E-state index in [-0.39, 0.29) is 11.6 Å². The van der Waals surface area contributed by atoms with Gasteiger partial charge in [-0.2, -0.15) is 0 Å². The van der Waals surface area contributed by atoms with Gasteiger partial charge in [0.1, 0.15) is 5.75 Å². The third kappa shape index (κ3) is 5.74. The number of nitrogens with one attached hydrogen (secondary N) is 1. The first-order valence-corrected chi connectivity index (χ1v) is 8.70. The number of anilines is 1. The Hall–Kier alpha value is -2.60. The molecule has 6 nitrogen and oxygen atoms in total. The minimum absolute atomic E-state index is 0.148. The molecule has 1 aromatic heterocycles. The maximum absolute atomic E-state index is 12.1. The van der Waals surface area contributed by atoms with Crippen molar-refractivity contribution in [2.24, 2.45) is 0 Å². The Labute approximate surface area is 157 Å². The Bertz CT molecular complexity index is 767. The number of amides is 1. The molecule has 0 bridgehead atoms. The number of pyridine rings is 1. The van der Waals surface area contributed by atoms with E-state index in [4.69, 9.17) is 21.1 Å². The molecule has 2 rings (SSSR count). The number of carbonyl (C=O) groups excluding carboxylic acids is 2. The molecule has 1 aromatic carbocycles. The van der Waals surface area contributed by atoms with Crippen LogP contribution in [0.4, 0.5) is 5.69 Å². The number of nitrogens with zero attached hydrogens (tertiary/aromatic N) is 1. The molecule has 0 saturated carbocycles. The quantitative estimate of drug-likeness (QED) is 0.562. The number of ether oxygens (including phenoxy) is 2. The largest absolute Gasteiger partial charge is 0.494 e. The Morgan fingerprint density at radius 3 is 2.73 bits per heavy atom. The van der Waals surface area contributed by atoms with Gasteiger partial charge in [-0.1, -0.05) is 29.8 Å². The molecule has 0 aliphatic carbocycles. The number of rotatable bonds is 8. The highest BCUT2D eigenvalue weighted by atomic mass is 35.5. The highest BCUT2D eigenvalue weighted by Crippen LogP contribution is 2.20. The summed E-state index contributed by atoms with van der Waals surface area (Å²) < 4.78 is 10.7. The fraction of sp³-hybridized carbons (Fsp3) is 0.316. The molecule has 1 atom stereocenters. The standard InChI is InChI=1S/C19H21ClN2O4/c1-3-25-16-9-5-4-7-14(16)10-11-17(23)26-13(2)19(24)22-15-8-6-12-21-18(15)20/h4-9,12-13H,3,10-11H2,1-2H3,(H,22,24)/t13-/m1/s1. The van der Waals surface area contributed by atoms with Crippen LogP contribution in [0.15, 0.2) is 42.6 Å². The normalized spacial score (nSPS) is 11.5. The summed E-state index contributed by atoms with van der Waals surface area (Å²) >= 11 is 5.89. The van der Waals surface area contributed by atoms with E-state index >= 15 is 0 Å². The molecule has 0 fully saturated rings. The first-order chi connectivity index (χ1) is 12.5. The Morgan fingerprint density at radius 1 is 1.23 bits per heavy atom. The molecule has 0 aliphatic heterocycles. The zero-order chi connectivity index (χ0) is 18.9. The summed E-state index contributed by atoms with van der Waals surface area (Å²) in [5, 5.41) is 2.76. The van der Waals surface area contributed by atoms with Gasteiger partial charge in [0.25, 0.3) is 5.91 Å². The van der Waals surface area contributed by atoms with Gasteiger partial charge in [-0.05, 0) is 44.0 Å². The number of hydrogen-bond acceptors (Lipinski definition) is 5. The Morgan fingerprint density at radius 2 is 2.00 bits per heavy atom. The maximum Gasteiger partial charge on any atom is 0.306 e. The second kappa shape index (κ2) is 9.77. The molecular formula is C19H21ClN2O4. The van der Waals surface area contributed by atoms with Crippen LogP contribution in [0.3, 0.4) is 0 Å². The average molecular weight is 377 g/mol. The number of esters is 1. The van der Waals surface area contributed by atoms with E-state index in [9.17, 15) is 9.59 Å². The van der Waals surface area contributed by atoms with Crippen molar-refractivity contribution in [1.29, 1.82) is 0 Å². The molecule has 0 aliphatic rings. The predicted molar refractivity (Wildman–Crippen MR) is 99.4 cm³/mol. The number of halogens is 1. The van der Waals surface area contributed by atoms with E-state index in [1.807, 2.05) is 31.2 Å². The van der Waals surface area contributed by atoms with Gasteiger partial charge in [-0.15, -0.1) is 0 Å². The second-order valence-electron chi connectivity index (χ2n) is 5.50. The number of para-hydroxylation sites is 1. The molecule has 0 spiro atoms. The highest BCUT2D eigenvalue weighted by molar-refractivity contribution is 6.32. The van der Waals surface area contributed by atoms with Crippen LogP contribution in [0.2, 0.25) is 5.15 Å². The Balaban J connectivity index is 1.85. The van der Waals surface area contributed by atoms with Gasteiger partial charge in [0.05, 0.1) is 12.3 Å². The third-order valence-corrected chi connectivity index (χ3v) is 3.87. The van der Waals surface area contributed by atoms with Crippen molar-refractivity contribution in [3.05, 3.63) is 53.3 Å². The first kappa shape index (κ1) is 19.7. The fourth-order valence-electron chi connectivity index (χ4n) is 2.27. The summed E-state index contributed by atoms with van der Waals surface area (Å²) in [4.78, 5) is 28.0. The minimum atomic E-state index is -0.944. The number of aromatic nitrogens is 1. The van der Waals surface area contributed by atoms with Gasteiger partial charge < -0.3 is 14.8 Å². The van der Waals surface area contributed by atoms with Crippen LogP contribution >= 0.6 is 11.6 Å². The van der Waals surface area contributed by atoms with Gasteiger partial charge in [-0.25, -0.2) is 4.98 Å². The van der Waals surface area contributed by atoms with Gasteiger partial charge >= 0.3 is 5.97 Å². The second-order valence-corrected chi connectivity index (χ2v) is 5.86. The average Bonchev–Trinajstić information content (AvgIpc) is 2.63. The van der Waals surface area contributed by atoms with Crippen LogP contribution < -0.4 is 10.1 Å². The molecular weight excluding hydrogens is 356 g/mol. The van der Waals surface area contributed by atoms with Crippen LogP contribution in [0.1, 0.15) is 25.8 Å². The zero-order valence-electron chi connectivity index (χ0n) is 14.7. The summed E-state index contributed by atoms with van der Waals surface area (Å²) in [7, 11) is 0. The van der Waals surface area contributed by atoms with Crippen molar-refractivity contribution in [2.75, 3.05) is 11.9 Å². The van der Waals surface area contributed by atoms with Crippen molar-refractivity contribution in [3.63, 3.8) is 0 Å². The lowest BCUT2D eigenvalue weighted by Gasteiger charge is -2.14. The number of hydrogen-bond donors (Lipinski definition) is 1. The molecule has 1 N–H and O–H groups in total. The highest BCUT2D eigenvalue weighted by Gasteiger charge is 2.19. The molecule has 1 heterocycles. The van der Waals surface area contributed by atoms with Crippen molar-refractivity contribution in [2.45, 2.75) is 32.8 Å². The minimum Gasteiger partial charge on any atom is -0.494 e. The lowest BCUT2D eigenvalue weighted by molar-refractivity contribution is -0.153. The monoisotopic (exact) mass is 376 g/mol. The first-order valence-electron chi connectivity index (χ1n) is 8.32. The van der Waals surface area contributed by atoms with Crippen LogP contribution in [0, 0.1) is 0 Å². The smallest absolute Gasteiger partial charge is 0.306 e. The summed E-state index contributed by atoms with van der Waals surface area (Å²) in [5.74, 6) is -0.181. The predicted octanol–water partition coefficient (Wildman–Crippen LogP) is 3.64. The number of aryl methyl sites for hydroxylation is 1. The van der Waals surface area contributed by atoms with Crippen LogP contribution in [0.25, 0.3) is 0 Å². The van der Waals surface area contributed by atoms with Crippen molar-refractivity contribution >= 4 is 29.2 Å². The van der Waals surface area contributed by atoms with Crippen LogP contribution in [0.5, 0.6) is 5.75 Å². The molecule has 2 aromatic rings. The summed E-state index contributed by atoms with van der Waals surface area (Å²) in [6.45, 7) is 3.96. The van der Waals surface area contributed by atoms with E-state index in [1.165, 1.54) is 13.1 Å². The van der Waals surface area contributed by atoms with E-state index in [0.717, 1.165) is 11.3 Å². The summed E-state index contributed by atoms with van der Waals surface area (Å²) in [5.41, 5.74) is 1.29. The molecule has 7 heteroatoms. The van der Waals surface area contributed by atoms with E-state index in [0.29, 0.717) is 18.7 Å². The maximum atomic E-state index is 12.1. The van der Waals surface area contributed by atoms with Crippen molar-refractivity contribution < 1.29 is 19.1 Å². The molecule has 0 unspecified atom stereocenters. The molecule has 26 heavy (non-hydrogen) atoms. The van der Waals surface area contributed by atoms with E-state index in [1.54, 1.807) is 12.1 Å². The lowest BCUT2D eigenvalue weighted by Crippen LogP contribution is -2.30. The molecule has 1 amide bonds. The van der Waals surface area contributed by atoms with Gasteiger partial charge in [0, 0.05) is 12.6 Å². The SMILES string of the molecule is CCOc1ccccc1CCC(=O)O[C@H](C)C(=O)Nc1cccnc1Cl. The van der Waals surface area contributed by atoms with Gasteiger partial charge in [0.15, 0.2) is 11.3 Å². The fourth-order valence-corrected chi connectivity index (χ4v) is 2.43. The van der Waals surface area contributed by atoms with Crippen molar-refractivity contribution in [3.8, 4) is 5.75 Å². The van der Waals surface area contributed by atoms with E-state index < -0.39 is 18.0 Å². The van der Waals surface area contributed by atoms with Crippen LogP contribution in [-0.2, 0) is 20.7 Å². The summed E-state index contributed by atoms with van der Waals surface area (Å²) in [6.07, 6.45) is 1.19. The zero-order valence-corrected chi connectivity index (χ0v) is 15.5. The van der Waals surface area contributed by atoms with Gasteiger partial charge in [-0.3, -0.25) is 9.59 Å². The van der Waals surface area contributed by atoms with E-state index in [2.05, 4.69) is 10.3 Å². The van der Waals surface area contributed by atoms with Crippen LogP contribution in [-0.4, -0.2) is 29.6 Å². The topological polar surface area (TPSA) is 77.5 Å². The molecule has 0 radical (unpaired) electrons. The molecule has 138 valence electrons. The number of carbonyl (C=O) groups is 2.